The fraction of sp³-hybridized carbons (Fsp3) is 0.833. The number of unbranched alkanes of at least 4 members (excludes halogenated alkanes) is 1. The Hall–Kier alpha value is -0.380. The molecule has 0 bridgehead atoms. The third-order valence-electron chi connectivity index (χ3n) is 2.60. The molecule has 0 spiro atoms. The van der Waals surface area contributed by atoms with Gasteiger partial charge in [-0.2, -0.15) is 0 Å². The van der Waals surface area contributed by atoms with Crippen molar-refractivity contribution < 1.29 is 9.84 Å². The predicted octanol–water partition coefficient (Wildman–Crippen LogP) is 1.47. The second-order valence-corrected chi connectivity index (χ2v) is 4.13. The Labute approximate surface area is 92.5 Å². The molecule has 2 N–H and O–H groups in total. The highest BCUT2D eigenvalue weighted by atomic mass is 16.5. The van der Waals surface area contributed by atoms with Crippen LogP contribution in [0.3, 0.4) is 0 Å². The quantitative estimate of drug-likeness (QED) is 0.474. The van der Waals surface area contributed by atoms with Crippen molar-refractivity contribution in [2.24, 2.45) is 0 Å². The molecule has 0 fully saturated rings. The Morgan fingerprint density at radius 1 is 1.47 bits per heavy atom. The van der Waals surface area contributed by atoms with Gasteiger partial charge in [-0.15, -0.1) is 0 Å². The molecule has 1 unspecified atom stereocenters. The molecule has 15 heavy (non-hydrogen) atoms. The summed E-state index contributed by atoms with van der Waals surface area (Å²) in [5.41, 5.74) is 0. The molecule has 0 radical (unpaired) electrons. The molecule has 3 nitrogen and oxygen atoms in total. The molecule has 0 saturated heterocycles. The van der Waals surface area contributed by atoms with E-state index in [1.165, 1.54) is 0 Å². The number of hydrogen-bond acceptors (Lipinski definition) is 3. The van der Waals surface area contributed by atoms with Crippen molar-refractivity contribution in [2.75, 3.05) is 19.8 Å². The van der Waals surface area contributed by atoms with Crippen LogP contribution in [0, 0.1) is 0 Å². The van der Waals surface area contributed by atoms with E-state index in [9.17, 15) is 5.11 Å². The summed E-state index contributed by atoms with van der Waals surface area (Å²) >= 11 is 0. The molecule has 0 saturated carbocycles. The van der Waals surface area contributed by atoms with Crippen molar-refractivity contribution in [3.63, 3.8) is 0 Å². The molecule has 0 heterocycles. The summed E-state index contributed by atoms with van der Waals surface area (Å²) in [6.07, 6.45) is 8.38. The largest absolute Gasteiger partial charge is 0.389 e. The zero-order chi connectivity index (χ0) is 10.9. The van der Waals surface area contributed by atoms with Gasteiger partial charge in [0, 0.05) is 19.2 Å². The van der Waals surface area contributed by atoms with Crippen LogP contribution in [0.4, 0.5) is 0 Å². The molecule has 1 aliphatic rings. The van der Waals surface area contributed by atoms with Crippen molar-refractivity contribution in [3.05, 3.63) is 12.2 Å². The van der Waals surface area contributed by atoms with E-state index in [1.807, 2.05) is 0 Å². The Bertz CT molecular complexity index is 174. The van der Waals surface area contributed by atoms with Gasteiger partial charge in [-0.05, 0) is 19.3 Å². The molecule has 0 aliphatic heterocycles. The first-order chi connectivity index (χ1) is 7.33. The number of rotatable bonds is 8. The molecule has 0 aromatic heterocycles. The van der Waals surface area contributed by atoms with E-state index in [1.54, 1.807) is 0 Å². The average molecular weight is 213 g/mol. The van der Waals surface area contributed by atoms with Gasteiger partial charge in [0.15, 0.2) is 0 Å². The van der Waals surface area contributed by atoms with Gasteiger partial charge in [0.1, 0.15) is 0 Å². The Morgan fingerprint density at radius 2 is 2.20 bits per heavy atom. The highest BCUT2D eigenvalue weighted by Crippen LogP contribution is 2.08. The van der Waals surface area contributed by atoms with E-state index in [4.69, 9.17) is 4.74 Å². The van der Waals surface area contributed by atoms with Crippen LogP contribution in [-0.2, 0) is 4.74 Å². The van der Waals surface area contributed by atoms with Gasteiger partial charge in [-0.1, -0.05) is 25.5 Å². The zero-order valence-electron chi connectivity index (χ0n) is 9.61. The molecular weight excluding hydrogens is 190 g/mol. The third-order valence-corrected chi connectivity index (χ3v) is 2.60. The second-order valence-electron chi connectivity index (χ2n) is 4.13. The van der Waals surface area contributed by atoms with E-state index >= 15 is 0 Å². The lowest BCUT2D eigenvalue weighted by molar-refractivity contribution is 0.0347. The average Bonchev–Trinajstić information content (AvgIpc) is 2.74. The van der Waals surface area contributed by atoms with Crippen molar-refractivity contribution in [2.45, 2.75) is 44.8 Å². The summed E-state index contributed by atoms with van der Waals surface area (Å²) < 4.78 is 5.35. The number of aliphatic hydroxyl groups excluding tert-OH is 1. The van der Waals surface area contributed by atoms with Gasteiger partial charge in [0.2, 0.25) is 0 Å². The van der Waals surface area contributed by atoms with Gasteiger partial charge in [-0.25, -0.2) is 0 Å². The second kappa shape index (κ2) is 7.85. The van der Waals surface area contributed by atoms with Crippen LogP contribution in [0.25, 0.3) is 0 Å². The minimum Gasteiger partial charge on any atom is -0.389 e. The predicted molar refractivity (Wildman–Crippen MR) is 61.9 cm³/mol. The van der Waals surface area contributed by atoms with Crippen molar-refractivity contribution in [1.82, 2.24) is 5.32 Å². The van der Waals surface area contributed by atoms with Crippen LogP contribution >= 0.6 is 0 Å². The molecule has 0 aromatic rings. The maximum atomic E-state index is 9.60. The lowest BCUT2D eigenvalue weighted by atomic mass is 10.2. The van der Waals surface area contributed by atoms with Crippen LogP contribution in [-0.4, -0.2) is 37.0 Å². The van der Waals surface area contributed by atoms with Gasteiger partial charge < -0.3 is 15.2 Å². The standard InChI is InChI=1S/C12H23NO2/c1-2-3-8-15-10-12(14)9-13-11-6-4-5-7-11/h4-5,11-14H,2-3,6-10H2,1H3. The Morgan fingerprint density at radius 3 is 2.87 bits per heavy atom. The van der Waals surface area contributed by atoms with E-state index in [-0.39, 0.29) is 6.10 Å². The van der Waals surface area contributed by atoms with Gasteiger partial charge in [0.25, 0.3) is 0 Å². The van der Waals surface area contributed by atoms with Gasteiger partial charge in [-0.3, -0.25) is 0 Å². The fourth-order valence-electron chi connectivity index (χ4n) is 1.61. The normalized spacial score (nSPS) is 18.5. The van der Waals surface area contributed by atoms with Gasteiger partial charge in [0.05, 0.1) is 12.7 Å². The molecule has 1 rings (SSSR count). The maximum Gasteiger partial charge on any atom is 0.0897 e. The highest BCUT2D eigenvalue weighted by molar-refractivity contribution is 4.97. The number of nitrogens with one attached hydrogen (secondary N) is 1. The minimum atomic E-state index is -0.373. The molecule has 3 heteroatoms. The number of ether oxygens (including phenoxy) is 1. The number of hydrogen-bond donors (Lipinski definition) is 2. The summed E-state index contributed by atoms with van der Waals surface area (Å²) in [6, 6.07) is 0.523. The van der Waals surface area contributed by atoms with Crippen molar-refractivity contribution in [3.8, 4) is 0 Å². The van der Waals surface area contributed by atoms with E-state index in [0.29, 0.717) is 19.2 Å². The lowest BCUT2D eigenvalue weighted by Gasteiger charge is -2.16. The Kier molecular flexibility index (Phi) is 6.64. The maximum absolute atomic E-state index is 9.60. The molecule has 1 aliphatic carbocycles. The molecule has 0 aromatic carbocycles. The van der Waals surface area contributed by atoms with Crippen LogP contribution in [0.5, 0.6) is 0 Å². The van der Waals surface area contributed by atoms with Crippen molar-refractivity contribution in [1.29, 1.82) is 0 Å². The first-order valence-electron chi connectivity index (χ1n) is 5.97. The molecule has 88 valence electrons. The summed E-state index contributed by atoms with van der Waals surface area (Å²) in [6.45, 7) is 3.98. The lowest BCUT2D eigenvalue weighted by Crippen LogP contribution is -2.36. The van der Waals surface area contributed by atoms with E-state index < -0.39 is 0 Å². The van der Waals surface area contributed by atoms with Crippen molar-refractivity contribution >= 4 is 0 Å². The molecular formula is C12H23NO2. The Balaban J connectivity index is 1.91. The van der Waals surface area contributed by atoms with E-state index in [0.717, 1.165) is 32.3 Å². The minimum absolute atomic E-state index is 0.373. The van der Waals surface area contributed by atoms with Crippen LogP contribution < -0.4 is 5.32 Å². The molecule has 0 amide bonds. The smallest absolute Gasteiger partial charge is 0.0897 e. The summed E-state index contributed by atoms with van der Waals surface area (Å²) in [5, 5.41) is 12.9. The zero-order valence-corrected chi connectivity index (χ0v) is 9.61. The highest BCUT2D eigenvalue weighted by Gasteiger charge is 2.11. The summed E-state index contributed by atoms with van der Waals surface area (Å²) in [5.74, 6) is 0. The summed E-state index contributed by atoms with van der Waals surface area (Å²) in [4.78, 5) is 0. The topological polar surface area (TPSA) is 41.5 Å². The van der Waals surface area contributed by atoms with E-state index in [2.05, 4.69) is 24.4 Å². The van der Waals surface area contributed by atoms with Crippen LogP contribution in [0.1, 0.15) is 32.6 Å². The monoisotopic (exact) mass is 213 g/mol. The van der Waals surface area contributed by atoms with Crippen LogP contribution in [0.2, 0.25) is 0 Å². The SMILES string of the molecule is CCCCOCC(O)CNC1CC=CC1. The van der Waals surface area contributed by atoms with Crippen LogP contribution in [0.15, 0.2) is 12.2 Å². The third kappa shape index (κ3) is 5.92. The number of aliphatic hydroxyl groups is 1. The fourth-order valence-corrected chi connectivity index (χ4v) is 1.61. The summed E-state index contributed by atoms with van der Waals surface area (Å²) in [7, 11) is 0. The first-order valence-corrected chi connectivity index (χ1v) is 5.97. The van der Waals surface area contributed by atoms with Gasteiger partial charge >= 0.3 is 0 Å². The first kappa shape index (κ1) is 12.7. The molecule has 1 atom stereocenters.